The fraction of sp³-hybridized carbons (Fsp3) is 0.481. The van der Waals surface area contributed by atoms with E-state index in [1.54, 1.807) is 13.8 Å². The number of carboxylic acid groups (broad SMARTS) is 1. The van der Waals surface area contributed by atoms with Crippen LogP contribution in [0.15, 0.2) is 48.5 Å². The largest absolute Gasteiger partial charge is 0.480 e. The van der Waals surface area contributed by atoms with Gasteiger partial charge in [0.05, 0.1) is 5.75 Å². The number of sulfonamides is 1. The number of ether oxygens (including phenoxy) is 1. The number of fused-ring (bicyclic) bond motifs is 3. The Balaban J connectivity index is 1.71. The van der Waals surface area contributed by atoms with Crippen molar-refractivity contribution >= 4 is 22.1 Å². The van der Waals surface area contributed by atoms with Crippen LogP contribution in [0, 0.1) is 11.8 Å². The molecule has 0 heterocycles. The molecule has 196 valence electrons. The summed E-state index contributed by atoms with van der Waals surface area (Å²) >= 11 is 0. The maximum Gasteiger partial charge on any atom is 0.407 e. The fourth-order valence-corrected chi connectivity index (χ4v) is 6.52. The molecule has 0 saturated carbocycles. The second-order valence-corrected chi connectivity index (χ2v) is 12.2. The van der Waals surface area contributed by atoms with Crippen LogP contribution in [-0.2, 0) is 19.6 Å². The summed E-state index contributed by atoms with van der Waals surface area (Å²) in [6.45, 7) is 6.78. The molecule has 0 aromatic heterocycles. The van der Waals surface area contributed by atoms with Crippen molar-refractivity contribution < 1.29 is 27.9 Å². The third-order valence-electron chi connectivity index (χ3n) is 6.09. The number of hydrogen-bond donors (Lipinski definition) is 2. The summed E-state index contributed by atoms with van der Waals surface area (Å²) in [6.07, 6.45) is -0.184. The van der Waals surface area contributed by atoms with Crippen molar-refractivity contribution in [2.24, 2.45) is 11.8 Å². The van der Waals surface area contributed by atoms with Gasteiger partial charge in [0.15, 0.2) is 0 Å². The molecule has 0 radical (unpaired) electrons. The number of nitrogens with one attached hydrogen (secondary N) is 1. The second-order valence-electron chi connectivity index (χ2n) is 10.2. The number of carbonyl (C=O) groups excluding carboxylic acids is 1. The zero-order valence-electron chi connectivity index (χ0n) is 21.3. The van der Waals surface area contributed by atoms with Gasteiger partial charge in [-0.3, -0.25) is 4.79 Å². The molecule has 2 aromatic rings. The first kappa shape index (κ1) is 27.7. The Morgan fingerprint density at radius 3 is 2.03 bits per heavy atom. The summed E-state index contributed by atoms with van der Waals surface area (Å²) < 4.78 is 32.3. The lowest BCUT2D eigenvalue weighted by Crippen LogP contribution is -2.49. The van der Waals surface area contributed by atoms with Crippen molar-refractivity contribution in [1.29, 1.82) is 0 Å². The van der Waals surface area contributed by atoms with E-state index in [9.17, 15) is 23.1 Å². The second kappa shape index (κ2) is 11.9. The lowest BCUT2D eigenvalue weighted by molar-refractivity contribution is -0.137. The van der Waals surface area contributed by atoms with E-state index in [4.69, 9.17) is 4.74 Å². The molecule has 0 fully saturated rings. The topological polar surface area (TPSA) is 113 Å². The molecule has 1 unspecified atom stereocenters. The molecule has 1 atom stereocenters. The van der Waals surface area contributed by atoms with Crippen molar-refractivity contribution in [2.45, 2.75) is 46.1 Å². The van der Waals surface area contributed by atoms with Crippen LogP contribution in [0.1, 0.15) is 51.2 Å². The molecule has 0 spiro atoms. The Morgan fingerprint density at radius 1 is 0.972 bits per heavy atom. The van der Waals surface area contributed by atoms with Crippen LogP contribution in [-0.4, -0.2) is 61.4 Å². The van der Waals surface area contributed by atoms with Crippen LogP contribution in [0.5, 0.6) is 0 Å². The van der Waals surface area contributed by atoms with E-state index in [-0.39, 0.29) is 36.7 Å². The third kappa shape index (κ3) is 7.07. The predicted octanol–water partition coefficient (Wildman–Crippen LogP) is 4.31. The Morgan fingerprint density at radius 2 is 1.53 bits per heavy atom. The van der Waals surface area contributed by atoms with Crippen LogP contribution < -0.4 is 5.32 Å². The smallest absolute Gasteiger partial charge is 0.407 e. The first-order valence-electron chi connectivity index (χ1n) is 12.3. The normalized spacial score (nSPS) is 14.1. The molecule has 1 aliphatic rings. The molecule has 8 nitrogen and oxygen atoms in total. The standard InChI is InChI=1S/C27H36N2O6S/c1-18(2)13-20(14-29(15-26(30)31)36(33,34)17-19(3)4)28-27(32)35-16-25-23-11-7-5-9-21(23)22-10-6-8-12-24(22)25/h5-12,18-20,25H,13-17H2,1-4H3,(H,28,32)(H,30,31). The molecule has 0 saturated heterocycles. The number of benzene rings is 2. The summed E-state index contributed by atoms with van der Waals surface area (Å²) in [6, 6.07) is 15.5. The van der Waals surface area contributed by atoms with Crippen LogP contribution in [0.4, 0.5) is 4.79 Å². The highest BCUT2D eigenvalue weighted by Crippen LogP contribution is 2.44. The molecule has 2 N–H and O–H groups in total. The Labute approximate surface area is 213 Å². The zero-order valence-corrected chi connectivity index (χ0v) is 22.1. The number of carbonyl (C=O) groups is 2. The van der Waals surface area contributed by atoms with E-state index in [2.05, 4.69) is 17.4 Å². The van der Waals surface area contributed by atoms with Gasteiger partial charge >= 0.3 is 12.1 Å². The summed E-state index contributed by atoms with van der Waals surface area (Å²) in [5.74, 6) is -1.53. The first-order valence-corrected chi connectivity index (χ1v) is 13.9. The number of hydrogen-bond acceptors (Lipinski definition) is 5. The molecule has 9 heteroatoms. The zero-order chi connectivity index (χ0) is 26.5. The number of rotatable bonds is 12. The van der Waals surface area contributed by atoms with Gasteiger partial charge in [-0.25, -0.2) is 13.2 Å². The van der Waals surface area contributed by atoms with Gasteiger partial charge < -0.3 is 15.2 Å². The number of nitrogens with zero attached hydrogens (tertiary/aromatic N) is 1. The van der Waals surface area contributed by atoms with Crippen molar-refractivity contribution in [3.63, 3.8) is 0 Å². The van der Waals surface area contributed by atoms with Gasteiger partial charge in [-0.05, 0) is 40.5 Å². The van der Waals surface area contributed by atoms with Crippen LogP contribution in [0.3, 0.4) is 0 Å². The number of amides is 1. The summed E-state index contributed by atoms with van der Waals surface area (Å²) in [5, 5.41) is 12.1. The fourth-order valence-electron chi connectivity index (χ4n) is 4.75. The molecule has 1 amide bonds. The van der Waals surface area contributed by atoms with E-state index < -0.39 is 34.7 Å². The quantitative estimate of drug-likeness (QED) is 0.435. The first-order chi connectivity index (χ1) is 17.0. The monoisotopic (exact) mass is 516 g/mol. The van der Waals surface area contributed by atoms with Gasteiger partial charge in [-0.2, -0.15) is 4.31 Å². The van der Waals surface area contributed by atoms with E-state index in [0.717, 1.165) is 26.6 Å². The molecular formula is C27H36N2O6S. The summed E-state index contributed by atoms with van der Waals surface area (Å²) in [5.41, 5.74) is 4.44. The van der Waals surface area contributed by atoms with Crippen molar-refractivity contribution in [1.82, 2.24) is 9.62 Å². The van der Waals surface area contributed by atoms with Crippen molar-refractivity contribution in [2.75, 3.05) is 25.4 Å². The highest BCUT2D eigenvalue weighted by Gasteiger charge is 2.31. The Bertz CT molecular complexity index is 1130. The van der Waals surface area contributed by atoms with Gasteiger partial charge in [-0.1, -0.05) is 76.2 Å². The highest BCUT2D eigenvalue weighted by atomic mass is 32.2. The van der Waals surface area contributed by atoms with Crippen LogP contribution in [0.25, 0.3) is 11.1 Å². The van der Waals surface area contributed by atoms with Crippen molar-refractivity contribution in [3.05, 3.63) is 59.7 Å². The van der Waals surface area contributed by atoms with E-state index in [1.165, 1.54) is 0 Å². The Hall–Kier alpha value is -2.91. The maximum absolute atomic E-state index is 12.8. The highest BCUT2D eigenvalue weighted by molar-refractivity contribution is 7.89. The minimum absolute atomic E-state index is 0.0957. The predicted molar refractivity (Wildman–Crippen MR) is 139 cm³/mol. The SMILES string of the molecule is CC(C)CC(CN(CC(=O)O)S(=O)(=O)CC(C)C)NC(=O)OCC1c2ccccc2-c2ccccc21. The molecule has 3 rings (SSSR count). The lowest BCUT2D eigenvalue weighted by atomic mass is 9.98. The maximum atomic E-state index is 12.8. The van der Waals surface area contributed by atoms with Gasteiger partial charge in [0.2, 0.25) is 10.0 Å². The molecule has 1 aliphatic carbocycles. The number of alkyl carbamates (subject to hydrolysis) is 1. The van der Waals surface area contributed by atoms with Crippen LogP contribution >= 0.6 is 0 Å². The molecule has 36 heavy (non-hydrogen) atoms. The number of aliphatic carboxylic acids is 1. The van der Waals surface area contributed by atoms with Gasteiger partial charge in [0, 0.05) is 18.5 Å². The molecule has 0 bridgehead atoms. The summed E-state index contributed by atoms with van der Waals surface area (Å²) in [7, 11) is -3.82. The van der Waals surface area contributed by atoms with Crippen molar-refractivity contribution in [3.8, 4) is 11.1 Å². The summed E-state index contributed by atoms with van der Waals surface area (Å²) in [4.78, 5) is 24.2. The molecular weight excluding hydrogens is 480 g/mol. The van der Waals surface area contributed by atoms with Gasteiger partial charge in [0.25, 0.3) is 0 Å². The van der Waals surface area contributed by atoms with Gasteiger partial charge in [0.1, 0.15) is 13.2 Å². The van der Waals surface area contributed by atoms with Crippen LogP contribution in [0.2, 0.25) is 0 Å². The van der Waals surface area contributed by atoms with E-state index in [0.29, 0.717) is 6.42 Å². The average Bonchev–Trinajstić information content (AvgIpc) is 3.09. The third-order valence-corrected chi connectivity index (χ3v) is 8.25. The lowest BCUT2D eigenvalue weighted by Gasteiger charge is -2.28. The average molecular weight is 517 g/mol. The minimum Gasteiger partial charge on any atom is -0.480 e. The van der Waals surface area contributed by atoms with Gasteiger partial charge in [-0.15, -0.1) is 0 Å². The number of carboxylic acids is 1. The van der Waals surface area contributed by atoms with E-state index in [1.807, 2.05) is 50.2 Å². The minimum atomic E-state index is -3.82. The Kier molecular flexibility index (Phi) is 9.13. The van der Waals surface area contributed by atoms with E-state index >= 15 is 0 Å². The molecule has 0 aliphatic heterocycles. The molecule has 2 aromatic carbocycles.